The molecule has 0 unspecified atom stereocenters. The lowest BCUT2D eigenvalue weighted by Crippen LogP contribution is -2.08. The van der Waals surface area contributed by atoms with E-state index in [1.54, 1.807) is 0 Å². The molecule has 0 saturated heterocycles. The van der Waals surface area contributed by atoms with E-state index in [4.69, 9.17) is 18.1 Å². The Hall–Kier alpha value is -2.07. The molecule has 0 saturated carbocycles. The monoisotopic (exact) mass is 240 g/mol. The number of hydrogen-bond acceptors (Lipinski definition) is 2. The van der Waals surface area contributed by atoms with Gasteiger partial charge in [0.15, 0.2) is 0 Å². The first-order valence-corrected chi connectivity index (χ1v) is 5.64. The Morgan fingerprint density at radius 1 is 1.00 bits per heavy atom. The number of para-hydroxylation sites is 3. The Kier molecular flexibility index (Phi) is 2.23. The van der Waals surface area contributed by atoms with Crippen LogP contribution in [0.25, 0.3) is 16.7 Å². The molecule has 0 spiro atoms. The summed E-state index contributed by atoms with van der Waals surface area (Å²) in [7, 11) is 0. The molecule has 1 radical (unpaired) electrons. The van der Waals surface area contributed by atoms with Gasteiger partial charge in [0.25, 0.3) is 0 Å². The number of hydrogen-bond donors (Lipinski definition) is 1. The minimum Gasteiger partial charge on any atom is -0.337 e. The van der Waals surface area contributed by atoms with Crippen molar-refractivity contribution in [3.8, 4) is 5.69 Å². The summed E-state index contributed by atoms with van der Waals surface area (Å²) in [6, 6.07) is 18.7. The maximum atomic E-state index is 5.95. The van der Waals surface area contributed by atoms with Gasteiger partial charge in [0.1, 0.15) is 0 Å². The van der Waals surface area contributed by atoms with Crippen LogP contribution in [-0.2, 0) is 0 Å². The third kappa shape index (κ3) is 1.45. The Bertz CT molecular complexity index is 725. The fraction of sp³-hybridized carbons (Fsp3) is 0. The van der Waals surface area contributed by atoms with Crippen molar-refractivity contribution in [1.29, 1.82) is 0 Å². The van der Waals surface area contributed by atoms with E-state index in [-0.39, 0.29) is 0 Å². The number of nitrogens with zero attached hydrogens (tertiary/aromatic N) is 2. The van der Waals surface area contributed by atoms with Crippen LogP contribution in [0, 0.1) is 10.8 Å². The van der Waals surface area contributed by atoms with Crippen LogP contribution in [0.15, 0.2) is 48.5 Å². The first-order chi connectivity index (χ1) is 8.29. The molecule has 0 aliphatic carbocycles. The van der Waals surface area contributed by atoms with Crippen molar-refractivity contribution in [3.63, 3.8) is 0 Å². The van der Waals surface area contributed by atoms with Gasteiger partial charge in [-0.25, -0.2) is 4.68 Å². The molecular formula is C13H10N3S. The summed E-state index contributed by atoms with van der Waals surface area (Å²) < 4.78 is 4.00. The highest BCUT2D eigenvalue weighted by atomic mass is 32.1. The molecule has 4 heteroatoms. The number of rotatable bonds is 1. The van der Waals surface area contributed by atoms with Gasteiger partial charge in [-0.1, -0.05) is 30.3 Å². The van der Waals surface area contributed by atoms with Gasteiger partial charge in [-0.05, 0) is 30.4 Å². The molecule has 1 aromatic heterocycles. The van der Waals surface area contributed by atoms with E-state index in [9.17, 15) is 0 Å². The molecule has 83 valence electrons. The van der Waals surface area contributed by atoms with E-state index in [1.165, 1.54) is 4.68 Å². The first kappa shape index (κ1) is 10.1. The smallest absolute Gasteiger partial charge is 0.204 e. The molecule has 0 aliphatic rings. The predicted octanol–water partition coefficient (Wildman–Crippen LogP) is 2.68. The van der Waals surface area contributed by atoms with Crippen molar-refractivity contribution < 1.29 is 0 Å². The maximum Gasteiger partial charge on any atom is 0.204 e. The Labute approximate surface area is 104 Å². The third-order valence-corrected chi connectivity index (χ3v) is 3.09. The number of nitrogens with two attached hydrogens (primary N) is 1. The zero-order valence-corrected chi connectivity index (χ0v) is 9.82. The fourth-order valence-electron chi connectivity index (χ4n) is 1.93. The quantitative estimate of drug-likeness (QED) is 0.524. The molecule has 17 heavy (non-hydrogen) atoms. The number of aromatic nitrogens is 2. The minimum absolute atomic E-state index is 0.564. The highest BCUT2D eigenvalue weighted by molar-refractivity contribution is 7.71. The van der Waals surface area contributed by atoms with Crippen LogP contribution in [0.4, 0.5) is 0 Å². The normalized spacial score (nSPS) is 10.8. The number of imidazole rings is 1. The predicted molar refractivity (Wildman–Crippen MR) is 71.1 cm³/mol. The largest absolute Gasteiger partial charge is 0.337 e. The maximum absolute atomic E-state index is 5.95. The van der Waals surface area contributed by atoms with Crippen molar-refractivity contribution in [3.05, 3.63) is 59.4 Å². The van der Waals surface area contributed by atoms with Crippen LogP contribution in [0.5, 0.6) is 0 Å². The zero-order valence-electron chi connectivity index (χ0n) is 9.00. The summed E-state index contributed by atoms with van der Waals surface area (Å²) in [5, 5.41) is 0. The van der Waals surface area contributed by atoms with Gasteiger partial charge in [-0.3, -0.25) is 4.57 Å². The van der Waals surface area contributed by atoms with Gasteiger partial charge in [0.05, 0.1) is 16.7 Å². The fourth-order valence-corrected chi connectivity index (χ4v) is 2.22. The Morgan fingerprint density at radius 2 is 1.71 bits per heavy atom. The van der Waals surface area contributed by atoms with E-state index in [1.807, 2.05) is 53.1 Å². The summed E-state index contributed by atoms with van der Waals surface area (Å²) in [6.45, 7) is 0. The second kappa shape index (κ2) is 3.75. The molecule has 0 atom stereocenters. The van der Waals surface area contributed by atoms with E-state index in [2.05, 4.69) is 6.07 Å². The first-order valence-electron chi connectivity index (χ1n) is 5.24. The van der Waals surface area contributed by atoms with Crippen molar-refractivity contribution in [2.24, 2.45) is 0 Å². The molecule has 0 aliphatic heterocycles. The van der Waals surface area contributed by atoms with Crippen molar-refractivity contribution >= 4 is 23.3 Å². The SMILES string of the molecule is Nn1c(=S)n(-c2[c]cccc2)c2ccccc21. The van der Waals surface area contributed by atoms with Crippen LogP contribution < -0.4 is 5.84 Å². The van der Waals surface area contributed by atoms with Gasteiger partial charge < -0.3 is 5.84 Å². The zero-order chi connectivity index (χ0) is 11.8. The average Bonchev–Trinajstić information content (AvgIpc) is 2.64. The van der Waals surface area contributed by atoms with Gasteiger partial charge in [0.2, 0.25) is 4.77 Å². The summed E-state index contributed by atoms with van der Waals surface area (Å²) >= 11 is 5.36. The average molecular weight is 240 g/mol. The second-order valence-electron chi connectivity index (χ2n) is 3.72. The van der Waals surface area contributed by atoms with E-state index in [0.717, 1.165) is 16.7 Å². The summed E-state index contributed by atoms with van der Waals surface area (Å²) in [5.41, 5.74) is 2.80. The lowest BCUT2D eigenvalue weighted by molar-refractivity contribution is 0.945. The summed E-state index contributed by atoms with van der Waals surface area (Å²) in [5.74, 6) is 5.95. The molecular weight excluding hydrogens is 230 g/mol. The van der Waals surface area contributed by atoms with E-state index >= 15 is 0 Å². The number of nitrogen functional groups attached to an aromatic ring is 1. The van der Waals surface area contributed by atoms with Gasteiger partial charge in [-0.15, -0.1) is 0 Å². The van der Waals surface area contributed by atoms with Crippen molar-refractivity contribution in [2.45, 2.75) is 0 Å². The van der Waals surface area contributed by atoms with Crippen molar-refractivity contribution in [2.75, 3.05) is 5.84 Å². The minimum atomic E-state index is 0.564. The van der Waals surface area contributed by atoms with Crippen LogP contribution in [0.1, 0.15) is 0 Å². The Balaban J connectivity index is 2.45. The molecule has 0 amide bonds. The highest BCUT2D eigenvalue weighted by Gasteiger charge is 2.08. The lowest BCUT2D eigenvalue weighted by Gasteiger charge is -2.02. The summed E-state index contributed by atoms with van der Waals surface area (Å²) in [4.78, 5) is 0. The van der Waals surface area contributed by atoms with E-state index in [0.29, 0.717) is 4.77 Å². The number of benzene rings is 2. The third-order valence-electron chi connectivity index (χ3n) is 2.71. The van der Waals surface area contributed by atoms with Gasteiger partial charge in [-0.2, -0.15) is 0 Å². The molecule has 2 N–H and O–H groups in total. The van der Waals surface area contributed by atoms with Gasteiger partial charge in [0, 0.05) is 6.07 Å². The lowest BCUT2D eigenvalue weighted by atomic mass is 10.3. The van der Waals surface area contributed by atoms with E-state index < -0.39 is 0 Å². The van der Waals surface area contributed by atoms with Crippen LogP contribution in [-0.4, -0.2) is 9.24 Å². The second-order valence-corrected chi connectivity index (χ2v) is 4.09. The molecule has 0 fully saturated rings. The molecule has 1 heterocycles. The molecule has 3 aromatic rings. The molecule has 3 nitrogen and oxygen atoms in total. The number of fused-ring (bicyclic) bond motifs is 1. The van der Waals surface area contributed by atoms with Crippen LogP contribution in [0.2, 0.25) is 0 Å². The standard InChI is InChI=1S/C13H10N3S/c14-16-12-9-5-4-8-11(12)15(13(16)17)10-6-2-1-3-7-10/h1-6,8-9H,14H2. The van der Waals surface area contributed by atoms with Crippen LogP contribution in [0.3, 0.4) is 0 Å². The molecule has 3 rings (SSSR count). The van der Waals surface area contributed by atoms with Crippen molar-refractivity contribution in [1.82, 2.24) is 9.24 Å². The summed E-state index contributed by atoms with van der Waals surface area (Å²) in [6.07, 6.45) is 0. The Morgan fingerprint density at radius 3 is 2.41 bits per heavy atom. The highest BCUT2D eigenvalue weighted by Crippen LogP contribution is 2.19. The molecule has 2 aromatic carbocycles. The molecule has 0 bridgehead atoms. The van der Waals surface area contributed by atoms with Crippen LogP contribution >= 0.6 is 12.2 Å². The topological polar surface area (TPSA) is 35.9 Å². The van der Waals surface area contributed by atoms with Gasteiger partial charge >= 0.3 is 0 Å².